The van der Waals surface area contributed by atoms with Crippen molar-refractivity contribution in [2.75, 3.05) is 0 Å². The minimum atomic E-state index is -0.685. The first kappa shape index (κ1) is 10.9. The van der Waals surface area contributed by atoms with Crippen LogP contribution in [0.2, 0.25) is 0 Å². The summed E-state index contributed by atoms with van der Waals surface area (Å²) in [5.74, 6) is 0. The van der Waals surface area contributed by atoms with E-state index in [1.54, 1.807) is 12.5 Å². The number of H-pyrrole nitrogens is 1. The molecule has 4 N–H and O–H groups in total. The summed E-state index contributed by atoms with van der Waals surface area (Å²) in [7, 11) is 0. The van der Waals surface area contributed by atoms with Crippen LogP contribution in [0.1, 0.15) is 5.56 Å². The molecule has 2 rings (SSSR count). The van der Waals surface area contributed by atoms with E-state index in [0.717, 1.165) is 16.8 Å². The van der Waals surface area contributed by atoms with Crippen molar-refractivity contribution in [1.29, 1.82) is 0 Å². The lowest BCUT2D eigenvalue weighted by molar-refractivity contribution is 0.249. The van der Waals surface area contributed by atoms with Crippen molar-refractivity contribution in [1.82, 2.24) is 15.4 Å². The van der Waals surface area contributed by atoms with E-state index in [2.05, 4.69) is 20.5 Å². The molecule has 0 atom stereocenters. The molecule has 0 radical (unpaired) electrons. The smallest absolute Gasteiger partial charge is 0.332 e. The lowest BCUT2D eigenvalue weighted by atomic mass is 10.1. The van der Waals surface area contributed by atoms with Crippen LogP contribution >= 0.6 is 0 Å². The van der Waals surface area contributed by atoms with Crippen LogP contribution in [0.3, 0.4) is 0 Å². The van der Waals surface area contributed by atoms with E-state index in [1.165, 1.54) is 6.21 Å². The Hall–Kier alpha value is -2.63. The number of primary amides is 1. The number of imidazole rings is 1. The Morgan fingerprint density at radius 3 is 2.76 bits per heavy atom. The third kappa shape index (κ3) is 2.91. The third-order valence-corrected chi connectivity index (χ3v) is 2.11. The average Bonchev–Trinajstić information content (AvgIpc) is 2.83. The molecule has 6 heteroatoms. The van der Waals surface area contributed by atoms with Crippen molar-refractivity contribution in [3.8, 4) is 11.3 Å². The lowest BCUT2D eigenvalue weighted by Gasteiger charge is -1.98. The molecule has 2 amide bonds. The Balaban J connectivity index is 2.08. The minimum Gasteiger partial charge on any atom is -0.350 e. The highest BCUT2D eigenvalue weighted by Gasteiger charge is 1.97. The summed E-state index contributed by atoms with van der Waals surface area (Å²) in [6, 6.07) is 6.93. The quantitative estimate of drug-likeness (QED) is 0.542. The Labute approximate surface area is 97.6 Å². The highest BCUT2D eigenvalue weighted by atomic mass is 16.2. The van der Waals surface area contributed by atoms with Crippen LogP contribution < -0.4 is 11.2 Å². The van der Waals surface area contributed by atoms with Crippen LogP contribution in [0.25, 0.3) is 11.3 Å². The third-order valence-electron chi connectivity index (χ3n) is 2.11. The van der Waals surface area contributed by atoms with E-state index in [0.29, 0.717) is 0 Å². The van der Waals surface area contributed by atoms with Gasteiger partial charge >= 0.3 is 6.03 Å². The van der Waals surface area contributed by atoms with Crippen LogP contribution in [0, 0.1) is 0 Å². The molecule has 1 aromatic heterocycles. The van der Waals surface area contributed by atoms with Crippen LogP contribution in [-0.2, 0) is 0 Å². The van der Waals surface area contributed by atoms with Gasteiger partial charge in [0.15, 0.2) is 0 Å². The second-order valence-electron chi connectivity index (χ2n) is 3.32. The maximum absolute atomic E-state index is 10.4. The molecule has 0 aliphatic carbocycles. The van der Waals surface area contributed by atoms with E-state index >= 15 is 0 Å². The molecular weight excluding hydrogens is 218 g/mol. The summed E-state index contributed by atoms with van der Waals surface area (Å²) in [5.41, 5.74) is 9.84. The average molecular weight is 229 g/mol. The lowest BCUT2D eigenvalue weighted by Crippen LogP contribution is -2.24. The summed E-state index contributed by atoms with van der Waals surface area (Å²) in [5, 5.41) is 3.66. The molecule has 6 nitrogen and oxygen atoms in total. The second kappa shape index (κ2) is 4.93. The van der Waals surface area contributed by atoms with E-state index < -0.39 is 6.03 Å². The van der Waals surface area contributed by atoms with Gasteiger partial charge in [0.25, 0.3) is 0 Å². The van der Waals surface area contributed by atoms with Gasteiger partial charge in [-0.1, -0.05) is 24.3 Å². The van der Waals surface area contributed by atoms with Crippen LogP contribution in [0.5, 0.6) is 0 Å². The molecule has 0 unspecified atom stereocenters. The van der Waals surface area contributed by atoms with Crippen molar-refractivity contribution in [2.45, 2.75) is 0 Å². The molecule has 86 valence electrons. The molecule has 2 aromatic rings. The van der Waals surface area contributed by atoms with Gasteiger partial charge in [0.05, 0.1) is 24.4 Å². The number of hydrogen-bond acceptors (Lipinski definition) is 3. The van der Waals surface area contributed by atoms with Crippen LogP contribution in [-0.4, -0.2) is 22.2 Å². The summed E-state index contributed by atoms with van der Waals surface area (Å²) < 4.78 is 0. The molecule has 17 heavy (non-hydrogen) atoms. The standard InChI is InChI=1S/C11H11N5O/c12-11(17)16-15-5-8-1-3-9(4-2-8)10-6-13-7-14-10/h1-7H,(H,13,14)(H3,12,16,17). The molecule has 1 aromatic carbocycles. The number of urea groups is 1. The number of benzene rings is 1. The van der Waals surface area contributed by atoms with Crippen molar-refractivity contribution in [3.63, 3.8) is 0 Å². The number of nitrogens with zero attached hydrogens (tertiary/aromatic N) is 2. The number of aromatic nitrogens is 2. The highest BCUT2D eigenvalue weighted by Crippen LogP contribution is 2.15. The summed E-state index contributed by atoms with van der Waals surface area (Å²) in [4.78, 5) is 17.3. The molecular formula is C11H11N5O. The molecule has 0 spiro atoms. The molecule has 0 saturated heterocycles. The predicted molar refractivity (Wildman–Crippen MR) is 64.3 cm³/mol. The van der Waals surface area contributed by atoms with Gasteiger partial charge < -0.3 is 10.7 Å². The van der Waals surface area contributed by atoms with Gasteiger partial charge in [0.2, 0.25) is 0 Å². The number of carbonyl (C=O) groups excluding carboxylic acids is 1. The number of nitrogens with one attached hydrogen (secondary N) is 2. The number of nitrogens with two attached hydrogens (primary N) is 1. The fourth-order valence-electron chi connectivity index (χ4n) is 1.33. The largest absolute Gasteiger partial charge is 0.350 e. The highest BCUT2D eigenvalue weighted by molar-refractivity contribution is 5.82. The summed E-state index contributed by atoms with van der Waals surface area (Å²) in [6.07, 6.45) is 4.89. The number of aromatic amines is 1. The topological polar surface area (TPSA) is 96.2 Å². The van der Waals surface area contributed by atoms with Gasteiger partial charge in [-0.15, -0.1) is 0 Å². The molecule has 0 aliphatic rings. The first-order valence-corrected chi connectivity index (χ1v) is 4.93. The first-order valence-electron chi connectivity index (χ1n) is 4.93. The van der Waals surface area contributed by atoms with Gasteiger partial charge in [-0.25, -0.2) is 15.2 Å². The van der Waals surface area contributed by atoms with Crippen LogP contribution in [0.15, 0.2) is 41.9 Å². The summed E-state index contributed by atoms with van der Waals surface area (Å²) >= 11 is 0. The predicted octanol–water partition coefficient (Wildman–Crippen LogP) is 1.08. The van der Waals surface area contributed by atoms with Gasteiger partial charge in [-0.05, 0) is 11.1 Å². The summed E-state index contributed by atoms with van der Waals surface area (Å²) in [6.45, 7) is 0. The van der Waals surface area contributed by atoms with Gasteiger partial charge in [0, 0.05) is 0 Å². The van der Waals surface area contributed by atoms with E-state index in [-0.39, 0.29) is 0 Å². The van der Waals surface area contributed by atoms with Crippen molar-refractivity contribution < 1.29 is 4.79 Å². The molecule has 0 aliphatic heterocycles. The van der Waals surface area contributed by atoms with Crippen molar-refractivity contribution >= 4 is 12.2 Å². The number of amides is 2. The fourth-order valence-corrected chi connectivity index (χ4v) is 1.33. The Morgan fingerprint density at radius 2 is 2.18 bits per heavy atom. The first-order chi connectivity index (χ1) is 8.25. The zero-order valence-electron chi connectivity index (χ0n) is 8.92. The molecule has 0 bridgehead atoms. The number of hydrogen-bond donors (Lipinski definition) is 3. The van der Waals surface area contributed by atoms with Gasteiger partial charge in [0.1, 0.15) is 0 Å². The zero-order valence-corrected chi connectivity index (χ0v) is 8.92. The van der Waals surface area contributed by atoms with Gasteiger partial charge in [-0.2, -0.15) is 5.10 Å². The number of carbonyl (C=O) groups is 1. The fraction of sp³-hybridized carbons (Fsp3) is 0. The number of hydrazone groups is 1. The van der Waals surface area contributed by atoms with E-state index in [9.17, 15) is 4.79 Å². The Bertz CT molecular complexity index is 515. The SMILES string of the molecule is NC(=O)NN=Cc1ccc(-c2cnc[nH]2)cc1. The van der Waals surface area contributed by atoms with E-state index in [4.69, 9.17) is 5.73 Å². The van der Waals surface area contributed by atoms with Crippen molar-refractivity contribution in [3.05, 3.63) is 42.4 Å². The number of rotatable bonds is 3. The zero-order chi connectivity index (χ0) is 12.1. The maximum atomic E-state index is 10.4. The molecule has 1 heterocycles. The normalized spacial score (nSPS) is 10.6. The Morgan fingerprint density at radius 1 is 1.41 bits per heavy atom. The van der Waals surface area contributed by atoms with Gasteiger partial charge in [-0.3, -0.25) is 0 Å². The van der Waals surface area contributed by atoms with Crippen molar-refractivity contribution in [2.24, 2.45) is 10.8 Å². The Kier molecular flexibility index (Phi) is 3.15. The molecule has 0 saturated carbocycles. The van der Waals surface area contributed by atoms with E-state index in [1.807, 2.05) is 24.3 Å². The van der Waals surface area contributed by atoms with Crippen LogP contribution in [0.4, 0.5) is 4.79 Å². The minimum absolute atomic E-state index is 0.685. The maximum Gasteiger partial charge on any atom is 0.332 e. The second-order valence-corrected chi connectivity index (χ2v) is 3.32. The monoisotopic (exact) mass is 229 g/mol. The molecule has 0 fully saturated rings.